The molecule has 0 atom stereocenters. The van der Waals surface area contributed by atoms with Gasteiger partial charge < -0.3 is 23.9 Å². The normalized spacial score (nSPS) is 12.9. The van der Waals surface area contributed by atoms with Gasteiger partial charge >= 0.3 is 12.0 Å². The fourth-order valence-electron chi connectivity index (χ4n) is 3.68. The second-order valence-electron chi connectivity index (χ2n) is 7.56. The minimum absolute atomic E-state index is 0.0986. The van der Waals surface area contributed by atoms with Gasteiger partial charge in [0, 0.05) is 11.1 Å². The predicted octanol–water partition coefficient (Wildman–Crippen LogP) is 5.38. The Morgan fingerprint density at radius 2 is 1.63 bits per heavy atom. The lowest BCUT2D eigenvalue weighted by Crippen LogP contribution is -2.21. The first kappa shape index (κ1) is 22.3. The Labute approximate surface area is 195 Å². The topological polar surface area (TPSA) is 87.0 Å². The van der Waals surface area contributed by atoms with Crippen molar-refractivity contribution in [1.29, 1.82) is 0 Å². The van der Waals surface area contributed by atoms with Gasteiger partial charge in [-0.2, -0.15) is 0 Å². The van der Waals surface area contributed by atoms with E-state index in [1.165, 1.54) is 12.1 Å². The highest BCUT2D eigenvalue weighted by molar-refractivity contribution is 6.06. The van der Waals surface area contributed by atoms with Gasteiger partial charge in [-0.15, -0.1) is 13.2 Å². The van der Waals surface area contributed by atoms with Crippen LogP contribution in [0.25, 0.3) is 22.1 Å². The molecule has 0 bridgehead atoms. The van der Waals surface area contributed by atoms with Crippen molar-refractivity contribution >= 4 is 22.6 Å². The summed E-state index contributed by atoms with van der Waals surface area (Å²) in [5.74, 6) is -0.185. The van der Waals surface area contributed by atoms with Crippen LogP contribution in [0.5, 0.6) is 17.2 Å². The molecule has 10 heteroatoms. The summed E-state index contributed by atoms with van der Waals surface area (Å²) in [6, 6.07) is 17.3. The molecule has 3 aromatic carbocycles. The fourth-order valence-corrected chi connectivity index (χ4v) is 3.68. The zero-order chi connectivity index (χ0) is 24.6. The third-order valence-electron chi connectivity index (χ3n) is 5.19. The number of carbonyl (C=O) groups excluding carboxylic acids is 1. The van der Waals surface area contributed by atoms with Crippen LogP contribution in [0.2, 0.25) is 0 Å². The number of hydrogen-bond acceptors (Lipinski definition) is 6. The van der Waals surface area contributed by atoms with Gasteiger partial charge in [0.15, 0.2) is 22.8 Å². The Hall–Kier alpha value is -4.47. The third kappa shape index (κ3) is 4.77. The molecule has 0 radical (unpaired) electrons. The fraction of sp³-hybridized carbons (Fsp3) is 0.120. The first-order chi connectivity index (χ1) is 16.8. The summed E-state index contributed by atoms with van der Waals surface area (Å²) >= 11 is 0. The Morgan fingerprint density at radius 3 is 2.43 bits per heavy atom. The summed E-state index contributed by atoms with van der Waals surface area (Å²) in [6.45, 7) is 0.929. The molecule has 4 aromatic rings. The van der Waals surface area contributed by atoms with Gasteiger partial charge in [-0.1, -0.05) is 30.3 Å². The number of alkyl halides is 3. The lowest BCUT2D eigenvalue weighted by atomic mass is 10.0. The van der Waals surface area contributed by atoms with E-state index >= 15 is 0 Å². The Kier molecular flexibility index (Phi) is 5.56. The number of hydrogen-bond donors (Lipinski definition) is 1. The van der Waals surface area contributed by atoms with Crippen molar-refractivity contribution in [3.05, 3.63) is 82.7 Å². The number of ether oxygens (including phenoxy) is 3. The van der Waals surface area contributed by atoms with Gasteiger partial charge in [0.1, 0.15) is 18.8 Å². The molecule has 1 aliphatic rings. The number of benzene rings is 3. The van der Waals surface area contributed by atoms with E-state index in [0.717, 1.165) is 23.3 Å². The van der Waals surface area contributed by atoms with Gasteiger partial charge in [-0.05, 0) is 47.5 Å². The molecule has 0 unspecified atom stereocenters. The molecule has 1 aromatic heterocycles. The summed E-state index contributed by atoms with van der Waals surface area (Å²) < 4.78 is 58.0. The van der Waals surface area contributed by atoms with Crippen LogP contribution in [0.15, 0.2) is 75.9 Å². The van der Waals surface area contributed by atoms with Crippen molar-refractivity contribution in [2.24, 2.45) is 0 Å². The van der Waals surface area contributed by atoms with E-state index in [4.69, 9.17) is 13.9 Å². The SMILES string of the molecule is O=C(Nc1cccc(-c2ccc3c(c2)OCCO3)c1)c1cc2cccc(OC(F)(F)F)c2oc1=O. The van der Waals surface area contributed by atoms with E-state index in [0.29, 0.717) is 30.4 Å². The number of para-hydroxylation sites is 1. The second kappa shape index (κ2) is 8.71. The molecule has 1 N–H and O–H groups in total. The van der Waals surface area contributed by atoms with Crippen LogP contribution in [0, 0.1) is 0 Å². The van der Waals surface area contributed by atoms with Gasteiger partial charge in [0.05, 0.1) is 0 Å². The van der Waals surface area contributed by atoms with Crippen molar-refractivity contribution < 1.29 is 36.6 Å². The molecule has 35 heavy (non-hydrogen) atoms. The quantitative estimate of drug-likeness (QED) is 0.392. The van der Waals surface area contributed by atoms with E-state index in [1.807, 2.05) is 18.2 Å². The lowest BCUT2D eigenvalue weighted by Gasteiger charge is -2.19. The molecule has 0 spiro atoms. The molecule has 1 aliphatic heterocycles. The van der Waals surface area contributed by atoms with E-state index < -0.39 is 29.2 Å². The van der Waals surface area contributed by atoms with Gasteiger partial charge in [0.2, 0.25) is 0 Å². The molecule has 0 aliphatic carbocycles. The van der Waals surface area contributed by atoms with Gasteiger partial charge in [-0.25, -0.2) is 4.79 Å². The predicted molar refractivity (Wildman–Crippen MR) is 120 cm³/mol. The van der Waals surface area contributed by atoms with Gasteiger partial charge in [0.25, 0.3) is 5.91 Å². The highest BCUT2D eigenvalue weighted by Gasteiger charge is 2.32. The van der Waals surface area contributed by atoms with E-state index in [-0.39, 0.29) is 10.9 Å². The molecule has 2 heterocycles. The summed E-state index contributed by atoms with van der Waals surface area (Å²) in [6.07, 6.45) is -4.97. The third-order valence-corrected chi connectivity index (χ3v) is 5.19. The number of nitrogens with one attached hydrogen (secondary N) is 1. The largest absolute Gasteiger partial charge is 0.573 e. The molecular formula is C25H16F3NO6. The first-order valence-electron chi connectivity index (χ1n) is 10.4. The van der Waals surface area contributed by atoms with Crippen molar-refractivity contribution in [3.63, 3.8) is 0 Å². The van der Waals surface area contributed by atoms with Crippen LogP contribution in [-0.4, -0.2) is 25.5 Å². The van der Waals surface area contributed by atoms with Crippen molar-refractivity contribution in [2.45, 2.75) is 6.36 Å². The lowest BCUT2D eigenvalue weighted by molar-refractivity contribution is -0.274. The van der Waals surface area contributed by atoms with Crippen LogP contribution in [-0.2, 0) is 0 Å². The average molecular weight is 483 g/mol. The maximum Gasteiger partial charge on any atom is 0.573 e. The monoisotopic (exact) mass is 483 g/mol. The second-order valence-corrected chi connectivity index (χ2v) is 7.56. The number of fused-ring (bicyclic) bond motifs is 2. The molecule has 1 amide bonds. The standard InChI is InChI=1S/C25H16F3NO6/c26-25(27,28)35-20-6-2-4-16-12-18(24(31)34-22(16)20)23(30)29-17-5-1-3-14(11-17)15-7-8-19-21(13-15)33-10-9-32-19/h1-8,11-13H,9-10H2,(H,29,30). The molecule has 0 saturated carbocycles. The molecule has 5 rings (SSSR count). The first-order valence-corrected chi connectivity index (χ1v) is 10.4. The molecule has 178 valence electrons. The summed E-state index contributed by atoms with van der Waals surface area (Å²) in [5.41, 5.74) is 0.123. The number of amides is 1. The van der Waals surface area contributed by atoms with E-state index in [2.05, 4.69) is 10.1 Å². The molecule has 7 nitrogen and oxygen atoms in total. The summed E-state index contributed by atoms with van der Waals surface area (Å²) in [7, 11) is 0. The highest BCUT2D eigenvalue weighted by Crippen LogP contribution is 2.35. The molecule has 0 saturated heterocycles. The van der Waals surface area contributed by atoms with E-state index in [1.54, 1.807) is 24.3 Å². The number of rotatable bonds is 4. The van der Waals surface area contributed by atoms with Crippen LogP contribution in [0.1, 0.15) is 10.4 Å². The number of carbonyl (C=O) groups is 1. The number of halogens is 3. The minimum atomic E-state index is -4.97. The van der Waals surface area contributed by atoms with Crippen molar-refractivity contribution in [1.82, 2.24) is 0 Å². The summed E-state index contributed by atoms with van der Waals surface area (Å²) in [4.78, 5) is 25.2. The number of anilines is 1. The van der Waals surface area contributed by atoms with E-state index in [9.17, 15) is 22.8 Å². The zero-order valence-electron chi connectivity index (χ0n) is 17.8. The Morgan fingerprint density at radius 1 is 0.886 bits per heavy atom. The smallest absolute Gasteiger partial charge is 0.486 e. The Bertz CT molecular complexity index is 1500. The maximum absolute atomic E-state index is 12.8. The highest BCUT2D eigenvalue weighted by atomic mass is 19.4. The van der Waals surface area contributed by atoms with Crippen molar-refractivity contribution in [3.8, 4) is 28.4 Å². The molecule has 0 fully saturated rings. The minimum Gasteiger partial charge on any atom is -0.486 e. The van der Waals surface area contributed by atoms with Crippen molar-refractivity contribution in [2.75, 3.05) is 18.5 Å². The van der Waals surface area contributed by atoms with Crippen LogP contribution in [0.4, 0.5) is 18.9 Å². The molecular weight excluding hydrogens is 467 g/mol. The maximum atomic E-state index is 12.8. The van der Waals surface area contributed by atoms with Gasteiger partial charge in [-0.3, -0.25) is 4.79 Å². The van der Waals surface area contributed by atoms with Crippen LogP contribution in [0.3, 0.4) is 0 Å². The van der Waals surface area contributed by atoms with Crippen LogP contribution >= 0.6 is 0 Å². The average Bonchev–Trinajstić information content (AvgIpc) is 2.83. The Balaban J connectivity index is 1.42. The van der Waals surface area contributed by atoms with Crippen LogP contribution < -0.4 is 25.2 Å². The summed E-state index contributed by atoms with van der Waals surface area (Å²) in [5, 5.41) is 2.72. The zero-order valence-corrected chi connectivity index (χ0v) is 17.8.